The Balaban J connectivity index is 1.64. The SMILES string of the molecule is CC1CCCC(CN2CCC(OCC(=O)O)CC2)C1. The Morgan fingerprint density at radius 1 is 1.26 bits per heavy atom. The van der Waals surface area contributed by atoms with Crippen molar-refractivity contribution in [1.82, 2.24) is 4.90 Å². The maximum atomic E-state index is 10.5. The van der Waals surface area contributed by atoms with Gasteiger partial charge in [-0.15, -0.1) is 0 Å². The molecule has 0 aromatic heterocycles. The maximum Gasteiger partial charge on any atom is 0.329 e. The third-order valence-electron chi connectivity index (χ3n) is 4.54. The predicted molar refractivity (Wildman–Crippen MR) is 74.2 cm³/mol. The zero-order valence-electron chi connectivity index (χ0n) is 12.0. The van der Waals surface area contributed by atoms with E-state index >= 15 is 0 Å². The quantitative estimate of drug-likeness (QED) is 0.832. The van der Waals surface area contributed by atoms with E-state index in [2.05, 4.69) is 11.8 Å². The normalized spacial score (nSPS) is 30.4. The molecule has 0 bridgehead atoms. The molecule has 0 radical (unpaired) electrons. The third-order valence-corrected chi connectivity index (χ3v) is 4.54. The van der Waals surface area contributed by atoms with E-state index in [1.165, 1.54) is 32.2 Å². The minimum atomic E-state index is -0.862. The number of piperidine rings is 1. The molecule has 2 rings (SSSR count). The number of carboxylic acid groups (broad SMARTS) is 1. The second kappa shape index (κ2) is 7.25. The van der Waals surface area contributed by atoms with E-state index in [1.54, 1.807) is 0 Å². The lowest BCUT2D eigenvalue weighted by Crippen LogP contribution is -2.40. The second-order valence-corrected chi connectivity index (χ2v) is 6.34. The summed E-state index contributed by atoms with van der Waals surface area (Å²) < 4.78 is 5.37. The summed E-state index contributed by atoms with van der Waals surface area (Å²) >= 11 is 0. The molecule has 19 heavy (non-hydrogen) atoms. The molecular formula is C15H27NO3. The Morgan fingerprint density at radius 2 is 2.00 bits per heavy atom. The number of carboxylic acids is 1. The largest absolute Gasteiger partial charge is 0.480 e. The van der Waals surface area contributed by atoms with Gasteiger partial charge in [0.25, 0.3) is 0 Å². The van der Waals surface area contributed by atoms with Crippen molar-refractivity contribution >= 4 is 5.97 Å². The van der Waals surface area contributed by atoms with E-state index in [-0.39, 0.29) is 12.7 Å². The lowest BCUT2D eigenvalue weighted by Gasteiger charge is -2.36. The number of nitrogens with zero attached hydrogens (tertiary/aromatic N) is 1. The Kier molecular flexibility index (Phi) is 5.64. The van der Waals surface area contributed by atoms with Gasteiger partial charge in [0, 0.05) is 19.6 Å². The van der Waals surface area contributed by atoms with Crippen LogP contribution >= 0.6 is 0 Å². The summed E-state index contributed by atoms with van der Waals surface area (Å²) in [6.07, 6.45) is 7.68. The number of hydrogen-bond acceptors (Lipinski definition) is 3. The minimum absolute atomic E-state index is 0.148. The maximum absolute atomic E-state index is 10.5. The molecule has 0 aromatic carbocycles. The van der Waals surface area contributed by atoms with Crippen molar-refractivity contribution in [3.63, 3.8) is 0 Å². The highest BCUT2D eigenvalue weighted by molar-refractivity contribution is 5.68. The van der Waals surface area contributed by atoms with Gasteiger partial charge in [0.2, 0.25) is 0 Å². The van der Waals surface area contributed by atoms with Gasteiger partial charge in [-0.05, 0) is 37.5 Å². The van der Waals surface area contributed by atoms with E-state index in [9.17, 15) is 4.79 Å². The standard InChI is InChI=1S/C15H27NO3/c1-12-3-2-4-13(9-12)10-16-7-5-14(6-8-16)19-11-15(17)18/h12-14H,2-11H2,1H3,(H,17,18). The van der Waals surface area contributed by atoms with Crippen molar-refractivity contribution in [3.8, 4) is 0 Å². The summed E-state index contributed by atoms with van der Waals surface area (Å²) in [6, 6.07) is 0. The van der Waals surface area contributed by atoms with Crippen molar-refractivity contribution in [2.75, 3.05) is 26.2 Å². The van der Waals surface area contributed by atoms with Crippen LogP contribution in [0.4, 0.5) is 0 Å². The Morgan fingerprint density at radius 3 is 2.63 bits per heavy atom. The van der Waals surface area contributed by atoms with Crippen LogP contribution in [0.15, 0.2) is 0 Å². The van der Waals surface area contributed by atoms with Gasteiger partial charge >= 0.3 is 5.97 Å². The fourth-order valence-corrected chi connectivity index (χ4v) is 3.54. The van der Waals surface area contributed by atoms with Gasteiger partial charge in [0.1, 0.15) is 6.61 Å². The zero-order chi connectivity index (χ0) is 13.7. The van der Waals surface area contributed by atoms with Crippen LogP contribution in [-0.2, 0) is 9.53 Å². The van der Waals surface area contributed by atoms with E-state index in [0.717, 1.165) is 37.8 Å². The number of hydrogen-bond donors (Lipinski definition) is 1. The van der Waals surface area contributed by atoms with Gasteiger partial charge in [-0.1, -0.05) is 19.8 Å². The van der Waals surface area contributed by atoms with Crippen LogP contribution in [0, 0.1) is 11.8 Å². The van der Waals surface area contributed by atoms with Crippen molar-refractivity contribution < 1.29 is 14.6 Å². The van der Waals surface area contributed by atoms with Gasteiger partial charge in [-0.3, -0.25) is 0 Å². The zero-order valence-corrected chi connectivity index (χ0v) is 12.0. The van der Waals surface area contributed by atoms with E-state index < -0.39 is 5.97 Å². The molecule has 4 heteroatoms. The molecule has 4 nitrogen and oxygen atoms in total. The number of rotatable bonds is 5. The van der Waals surface area contributed by atoms with Crippen molar-refractivity contribution in [2.24, 2.45) is 11.8 Å². The Labute approximate surface area is 116 Å². The van der Waals surface area contributed by atoms with E-state index in [4.69, 9.17) is 9.84 Å². The fraction of sp³-hybridized carbons (Fsp3) is 0.933. The molecule has 0 amide bonds. The average molecular weight is 269 g/mol. The molecule has 110 valence electrons. The summed E-state index contributed by atoms with van der Waals surface area (Å²) in [6.45, 7) is 5.59. The van der Waals surface area contributed by atoms with E-state index in [1.807, 2.05) is 0 Å². The molecule has 0 spiro atoms. The topological polar surface area (TPSA) is 49.8 Å². The first kappa shape index (κ1) is 14.8. The highest BCUT2D eigenvalue weighted by Gasteiger charge is 2.25. The first-order valence-electron chi connectivity index (χ1n) is 7.69. The van der Waals surface area contributed by atoms with Crippen molar-refractivity contribution in [1.29, 1.82) is 0 Å². The van der Waals surface area contributed by atoms with Gasteiger partial charge in [-0.2, -0.15) is 0 Å². The smallest absolute Gasteiger partial charge is 0.329 e. The van der Waals surface area contributed by atoms with Crippen molar-refractivity contribution in [2.45, 2.75) is 51.6 Å². The molecule has 2 aliphatic rings. The monoisotopic (exact) mass is 269 g/mol. The van der Waals surface area contributed by atoms with Crippen LogP contribution in [0.3, 0.4) is 0 Å². The highest BCUT2D eigenvalue weighted by atomic mass is 16.5. The molecule has 1 aliphatic carbocycles. The van der Waals surface area contributed by atoms with Crippen molar-refractivity contribution in [3.05, 3.63) is 0 Å². The summed E-state index contributed by atoms with van der Waals surface area (Å²) in [5.41, 5.74) is 0. The number of likely N-dealkylation sites (tertiary alicyclic amines) is 1. The Bertz CT molecular complexity index is 287. The van der Waals surface area contributed by atoms with Crippen LogP contribution in [0.1, 0.15) is 45.4 Å². The summed E-state index contributed by atoms with van der Waals surface area (Å²) in [5.74, 6) is 0.911. The third kappa shape index (κ3) is 5.11. The number of ether oxygens (including phenoxy) is 1. The Hall–Kier alpha value is -0.610. The van der Waals surface area contributed by atoms with Crippen LogP contribution in [0.25, 0.3) is 0 Å². The average Bonchev–Trinajstić information content (AvgIpc) is 2.38. The summed E-state index contributed by atoms with van der Waals surface area (Å²) in [4.78, 5) is 13.0. The van der Waals surface area contributed by atoms with Gasteiger partial charge < -0.3 is 14.7 Å². The van der Waals surface area contributed by atoms with Gasteiger partial charge in [0.15, 0.2) is 0 Å². The van der Waals surface area contributed by atoms with Gasteiger partial charge in [-0.25, -0.2) is 4.79 Å². The highest BCUT2D eigenvalue weighted by Crippen LogP contribution is 2.29. The second-order valence-electron chi connectivity index (χ2n) is 6.34. The lowest BCUT2D eigenvalue weighted by molar-refractivity contribution is -0.145. The molecule has 1 saturated heterocycles. The number of carbonyl (C=O) groups is 1. The molecule has 0 aromatic rings. The molecular weight excluding hydrogens is 242 g/mol. The molecule has 1 saturated carbocycles. The molecule has 2 atom stereocenters. The van der Waals surface area contributed by atoms with Crippen LogP contribution in [0.5, 0.6) is 0 Å². The van der Waals surface area contributed by atoms with Gasteiger partial charge in [0.05, 0.1) is 6.10 Å². The lowest BCUT2D eigenvalue weighted by atomic mass is 9.82. The van der Waals surface area contributed by atoms with Crippen LogP contribution < -0.4 is 0 Å². The minimum Gasteiger partial charge on any atom is -0.480 e. The first-order chi connectivity index (χ1) is 9.13. The summed E-state index contributed by atoms with van der Waals surface area (Å²) in [5, 5.41) is 8.60. The molecule has 1 aliphatic heterocycles. The fourth-order valence-electron chi connectivity index (χ4n) is 3.54. The van der Waals surface area contributed by atoms with E-state index in [0.29, 0.717) is 0 Å². The number of aliphatic carboxylic acids is 1. The molecule has 1 N–H and O–H groups in total. The van der Waals surface area contributed by atoms with Crippen LogP contribution in [-0.4, -0.2) is 48.3 Å². The first-order valence-corrected chi connectivity index (χ1v) is 7.69. The van der Waals surface area contributed by atoms with Crippen LogP contribution in [0.2, 0.25) is 0 Å². The predicted octanol–water partition coefficient (Wildman–Crippen LogP) is 2.38. The molecule has 1 heterocycles. The molecule has 2 fully saturated rings. The summed E-state index contributed by atoms with van der Waals surface area (Å²) in [7, 11) is 0. The molecule has 2 unspecified atom stereocenters.